The van der Waals surface area contributed by atoms with E-state index in [1.165, 1.54) is 37.1 Å². The Morgan fingerprint density at radius 1 is 1.25 bits per heavy atom. The smallest absolute Gasteiger partial charge is 0.165 e. The van der Waals surface area contributed by atoms with Crippen LogP contribution in [-0.2, 0) is 13.0 Å². The zero-order valence-electron chi connectivity index (χ0n) is 13.4. The van der Waals surface area contributed by atoms with Gasteiger partial charge >= 0.3 is 0 Å². The van der Waals surface area contributed by atoms with Crippen LogP contribution in [0.3, 0.4) is 0 Å². The molecule has 20 heavy (non-hydrogen) atoms. The van der Waals surface area contributed by atoms with Crippen molar-refractivity contribution in [2.75, 3.05) is 0 Å². The van der Waals surface area contributed by atoms with Gasteiger partial charge in [0.05, 0.1) is 0 Å². The highest BCUT2D eigenvalue weighted by Gasteiger charge is 2.39. The molecule has 0 saturated heterocycles. The molecule has 110 valence electrons. The van der Waals surface area contributed by atoms with Crippen LogP contribution in [0.4, 0.5) is 0 Å². The van der Waals surface area contributed by atoms with Crippen molar-refractivity contribution in [3.63, 3.8) is 0 Å². The number of aromatic nitrogens is 1. The van der Waals surface area contributed by atoms with E-state index in [1.54, 1.807) is 0 Å². The second-order valence-electron chi connectivity index (χ2n) is 7.88. The minimum atomic E-state index is 0.117. The molecule has 0 aromatic carbocycles. The zero-order valence-corrected chi connectivity index (χ0v) is 13.4. The Morgan fingerprint density at radius 2 is 1.95 bits per heavy atom. The van der Waals surface area contributed by atoms with Crippen molar-refractivity contribution >= 4 is 5.78 Å². The van der Waals surface area contributed by atoms with Gasteiger partial charge in [0.25, 0.3) is 0 Å². The number of hydrogen-bond acceptors (Lipinski definition) is 1. The molecule has 1 heterocycles. The van der Waals surface area contributed by atoms with Crippen LogP contribution in [0, 0.1) is 17.8 Å². The molecule has 0 radical (unpaired) electrons. The molecular weight excluding hydrogens is 246 g/mol. The summed E-state index contributed by atoms with van der Waals surface area (Å²) in [6.07, 6.45) is 7.09. The van der Waals surface area contributed by atoms with Crippen LogP contribution in [-0.4, -0.2) is 10.4 Å². The Hall–Kier alpha value is -1.05. The number of ketones is 1. The van der Waals surface area contributed by atoms with Crippen LogP contribution in [0.1, 0.15) is 74.6 Å². The predicted molar refractivity (Wildman–Crippen MR) is 82.2 cm³/mol. The number of rotatable bonds is 3. The number of aryl methyl sites for hydroxylation is 1. The maximum atomic E-state index is 12.4. The van der Waals surface area contributed by atoms with E-state index in [1.807, 2.05) is 0 Å². The van der Waals surface area contributed by atoms with Crippen LogP contribution in [0.25, 0.3) is 0 Å². The van der Waals surface area contributed by atoms with Gasteiger partial charge in [0.1, 0.15) is 0 Å². The maximum Gasteiger partial charge on any atom is 0.165 e. The molecule has 0 bridgehead atoms. The van der Waals surface area contributed by atoms with Crippen molar-refractivity contribution < 1.29 is 4.79 Å². The Balaban J connectivity index is 1.98. The third kappa shape index (κ3) is 2.13. The highest BCUT2D eigenvalue weighted by Crippen LogP contribution is 2.46. The third-order valence-electron chi connectivity index (χ3n) is 5.66. The summed E-state index contributed by atoms with van der Waals surface area (Å²) in [5.74, 6) is 0.345. The average Bonchev–Trinajstić information content (AvgIpc) is 2.60. The van der Waals surface area contributed by atoms with E-state index < -0.39 is 0 Å². The molecule has 2 aliphatic rings. The summed E-state index contributed by atoms with van der Waals surface area (Å²) in [5, 5.41) is 0. The lowest BCUT2D eigenvalue weighted by atomic mass is 9.67. The zero-order chi connectivity index (χ0) is 14.5. The van der Waals surface area contributed by atoms with Gasteiger partial charge in [0.15, 0.2) is 5.78 Å². The molecule has 3 rings (SSSR count). The summed E-state index contributed by atoms with van der Waals surface area (Å²) in [6, 6.07) is 2.13. The molecule has 0 atom stereocenters. The molecule has 2 aliphatic carbocycles. The Kier molecular flexibility index (Phi) is 3.11. The molecule has 0 aliphatic heterocycles. The molecule has 1 aromatic rings. The summed E-state index contributed by atoms with van der Waals surface area (Å²) >= 11 is 0. The van der Waals surface area contributed by atoms with Crippen molar-refractivity contribution in [1.82, 2.24) is 4.57 Å². The number of hydrogen-bond donors (Lipinski definition) is 0. The molecule has 1 aromatic heterocycles. The number of Topliss-reactive ketones (excluding diaryl/α,β-unsaturated/α-hetero) is 1. The molecule has 2 heteroatoms. The van der Waals surface area contributed by atoms with E-state index >= 15 is 0 Å². The number of carbonyl (C=O) groups excluding carboxylic acids is 1. The van der Waals surface area contributed by atoms with Gasteiger partial charge < -0.3 is 4.57 Å². The first-order valence-corrected chi connectivity index (χ1v) is 8.08. The summed E-state index contributed by atoms with van der Waals surface area (Å²) in [4.78, 5) is 12.4. The molecule has 1 saturated carbocycles. The number of nitrogens with zero attached hydrogens (tertiary/aromatic N) is 1. The summed E-state index contributed by atoms with van der Waals surface area (Å²) in [7, 11) is 0. The number of carbonyl (C=O) groups is 1. The quantitative estimate of drug-likeness (QED) is 0.793. The monoisotopic (exact) mass is 273 g/mol. The molecule has 0 N–H and O–H groups in total. The molecular formula is C18H27NO. The van der Waals surface area contributed by atoms with Crippen LogP contribution in [0.2, 0.25) is 0 Å². The Labute approximate surface area is 122 Å². The van der Waals surface area contributed by atoms with Crippen LogP contribution < -0.4 is 0 Å². The first-order valence-electron chi connectivity index (χ1n) is 8.08. The van der Waals surface area contributed by atoms with Crippen LogP contribution in [0.5, 0.6) is 0 Å². The molecule has 0 unspecified atom stereocenters. The van der Waals surface area contributed by atoms with E-state index in [0.29, 0.717) is 17.6 Å². The highest BCUT2D eigenvalue weighted by molar-refractivity contribution is 5.99. The summed E-state index contributed by atoms with van der Waals surface area (Å²) < 4.78 is 2.47. The van der Waals surface area contributed by atoms with Gasteiger partial charge in [0, 0.05) is 29.9 Å². The molecule has 0 spiro atoms. The summed E-state index contributed by atoms with van der Waals surface area (Å²) in [6.45, 7) is 10.0. The number of fused-ring (bicyclic) bond motifs is 1. The van der Waals surface area contributed by atoms with E-state index in [-0.39, 0.29) is 5.41 Å². The van der Waals surface area contributed by atoms with E-state index in [2.05, 4.69) is 38.3 Å². The lowest BCUT2D eigenvalue weighted by Gasteiger charge is -2.43. The van der Waals surface area contributed by atoms with Gasteiger partial charge in [-0.1, -0.05) is 27.2 Å². The third-order valence-corrected chi connectivity index (χ3v) is 5.66. The van der Waals surface area contributed by atoms with Crippen LogP contribution in [0.15, 0.2) is 6.07 Å². The fourth-order valence-corrected chi connectivity index (χ4v) is 4.06. The van der Waals surface area contributed by atoms with Crippen molar-refractivity contribution in [2.45, 2.75) is 72.8 Å². The van der Waals surface area contributed by atoms with Gasteiger partial charge in [-0.25, -0.2) is 0 Å². The predicted octanol–water partition coefficient (Wildman–Crippen LogP) is 4.53. The average molecular weight is 273 g/mol. The second-order valence-corrected chi connectivity index (χ2v) is 7.88. The normalized spacial score (nSPS) is 23.3. The Bertz CT molecular complexity index is 540. The fraction of sp³-hybridized carbons (Fsp3) is 0.722. The first kappa shape index (κ1) is 13.9. The van der Waals surface area contributed by atoms with Gasteiger partial charge in [-0.15, -0.1) is 0 Å². The van der Waals surface area contributed by atoms with E-state index in [9.17, 15) is 4.79 Å². The largest absolute Gasteiger partial charge is 0.348 e. The molecule has 0 amide bonds. The SMILES string of the molecule is CCC1(Cn2c(C)cc3c2CC(C)(C)CC3=O)CCC1. The van der Waals surface area contributed by atoms with Crippen molar-refractivity contribution in [3.05, 3.63) is 23.0 Å². The van der Waals surface area contributed by atoms with Gasteiger partial charge in [-0.3, -0.25) is 4.79 Å². The maximum absolute atomic E-state index is 12.4. The lowest BCUT2D eigenvalue weighted by Crippen LogP contribution is -2.35. The Morgan fingerprint density at radius 3 is 2.50 bits per heavy atom. The lowest BCUT2D eigenvalue weighted by molar-refractivity contribution is 0.0881. The van der Waals surface area contributed by atoms with Gasteiger partial charge in [0.2, 0.25) is 0 Å². The van der Waals surface area contributed by atoms with Crippen molar-refractivity contribution in [3.8, 4) is 0 Å². The van der Waals surface area contributed by atoms with Crippen LogP contribution >= 0.6 is 0 Å². The van der Waals surface area contributed by atoms with Gasteiger partial charge in [-0.2, -0.15) is 0 Å². The molecule has 2 nitrogen and oxygen atoms in total. The first-order chi connectivity index (χ1) is 9.36. The van der Waals surface area contributed by atoms with E-state index in [0.717, 1.165) is 18.5 Å². The minimum Gasteiger partial charge on any atom is -0.348 e. The summed E-state index contributed by atoms with van der Waals surface area (Å²) in [5.41, 5.74) is 4.21. The van der Waals surface area contributed by atoms with E-state index in [4.69, 9.17) is 0 Å². The topological polar surface area (TPSA) is 22.0 Å². The second kappa shape index (κ2) is 4.47. The molecule has 1 fully saturated rings. The standard InChI is InChI=1S/C18H27NO/c1-5-18(7-6-8-18)12-19-13(2)9-14-15(19)10-17(3,4)11-16(14)20/h9H,5-8,10-12H2,1-4H3. The van der Waals surface area contributed by atoms with Gasteiger partial charge in [-0.05, 0) is 49.5 Å². The van der Waals surface area contributed by atoms with Crippen molar-refractivity contribution in [1.29, 1.82) is 0 Å². The minimum absolute atomic E-state index is 0.117. The fourth-order valence-electron chi connectivity index (χ4n) is 4.06. The highest BCUT2D eigenvalue weighted by atomic mass is 16.1. The van der Waals surface area contributed by atoms with Crippen molar-refractivity contribution in [2.24, 2.45) is 10.8 Å².